The van der Waals surface area contributed by atoms with Gasteiger partial charge in [0.25, 0.3) is 11.6 Å². The SMILES string of the molecule is CCCOC1(OCCC)CC(C)C([N+](=O)[O-])=C2N(Cc3ccc(Cl)nc3)CCN21. The lowest BCUT2D eigenvalue weighted by atomic mass is 9.96. The van der Waals surface area contributed by atoms with Crippen molar-refractivity contribution < 1.29 is 14.4 Å². The van der Waals surface area contributed by atoms with Crippen LogP contribution in [0.3, 0.4) is 0 Å². The van der Waals surface area contributed by atoms with E-state index in [1.165, 1.54) is 0 Å². The van der Waals surface area contributed by atoms with Gasteiger partial charge in [0, 0.05) is 32.3 Å². The molecule has 2 aliphatic heterocycles. The number of nitro groups is 1. The van der Waals surface area contributed by atoms with Crippen molar-refractivity contribution in [3.05, 3.63) is 50.7 Å². The molecular weight excluding hydrogens is 396 g/mol. The molecule has 8 nitrogen and oxygen atoms in total. The highest BCUT2D eigenvalue weighted by Crippen LogP contribution is 2.44. The summed E-state index contributed by atoms with van der Waals surface area (Å²) in [5, 5.41) is 12.4. The summed E-state index contributed by atoms with van der Waals surface area (Å²) in [5.74, 6) is -0.669. The largest absolute Gasteiger partial charge is 0.347 e. The lowest BCUT2D eigenvalue weighted by Crippen LogP contribution is -2.56. The van der Waals surface area contributed by atoms with E-state index >= 15 is 0 Å². The Morgan fingerprint density at radius 3 is 2.52 bits per heavy atom. The first-order chi connectivity index (χ1) is 13.9. The molecule has 0 saturated carbocycles. The molecule has 29 heavy (non-hydrogen) atoms. The molecule has 1 unspecified atom stereocenters. The van der Waals surface area contributed by atoms with Crippen LogP contribution >= 0.6 is 11.6 Å². The normalized spacial score (nSPS) is 20.9. The number of pyridine rings is 1. The Balaban J connectivity index is 1.98. The molecule has 0 amide bonds. The van der Waals surface area contributed by atoms with Gasteiger partial charge in [-0.05, 0) is 24.5 Å². The summed E-state index contributed by atoms with van der Waals surface area (Å²) in [6, 6.07) is 3.63. The fourth-order valence-corrected chi connectivity index (χ4v) is 4.14. The molecule has 3 rings (SSSR count). The van der Waals surface area contributed by atoms with Crippen molar-refractivity contribution in [2.75, 3.05) is 26.3 Å². The second-order valence-electron chi connectivity index (χ2n) is 7.54. The van der Waals surface area contributed by atoms with Crippen LogP contribution in [-0.2, 0) is 16.0 Å². The molecule has 1 atom stereocenters. The van der Waals surface area contributed by atoms with E-state index in [1.54, 1.807) is 12.3 Å². The number of nitrogens with zero attached hydrogens (tertiary/aromatic N) is 4. The average molecular weight is 425 g/mol. The molecule has 0 aromatic carbocycles. The van der Waals surface area contributed by atoms with Crippen molar-refractivity contribution in [3.63, 3.8) is 0 Å². The van der Waals surface area contributed by atoms with Crippen molar-refractivity contribution in [2.24, 2.45) is 5.92 Å². The van der Waals surface area contributed by atoms with Gasteiger partial charge in [-0.1, -0.05) is 38.4 Å². The van der Waals surface area contributed by atoms with Gasteiger partial charge in [0.15, 0.2) is 5.82 Å². The number of aromatic nitrogens is 1. The number of halogens is 1. The molecule has 0 N–H and O–H groups in total. The number of hydrogen-bond acceptors (Lipinski definition) is 7. The van der Waals surface area contributed by atoms with Gasteiger partial charge in [-0.3, -0.25) is 15.0 Å². The lowest BCUT2D eigenvalue weighted by Gasteiger charge is -2.46. The third-order valence-electron chi connectivity index (χ3n) is 5.24. The van der Waals surface area contributed by atoms with Crippen LogP contribution in [0.25, 0.3) is 0 Å². The fourth-order valence-electron chi connectivity index (χ4n) is 4.02. The van der Waals surface area contributed by atoms with E-state index in [9.17, 15) is 10.1 Å². The summed E-state index contributed by atoms with van der Waals surface area (Å²) in [6.07, 6.45) is 3.84. The molecule has 2 aliphatic rings. The number of fused-ring (bicyclic) bond motifs is 1. The highest BCUT2D eigenvalue weighted by Gasteiger charge is 2.54. The average Bonchev–Trinajstić information content (AvgIpc) is 3.10. The zero-order valence-electron chi connectivity index (χ0n) is 17.3. The number of ether oxygens (including phenoxy) is 2. The van der Waals surface area contributed by atoms with Gasteiger partial charge in [-0.15, -0.1) is 0 Å². The molecule has 160 valence electrons. The van der Waals surface area contributed by atoms with E-state index in [2.05, 4.69) is 4.98 Å². The smallest absolute Gasteiger partial charge is 0.289 e. The Hall–Kier alpha value is -1.90. The summed E-state index contributed by atoms with van der Waals surface area (Å²) < 4.78 is 12.5. The zero-order chi connectivity index (χ0) is 21.0. The molecule has 1 fully saturated rings. The van der Waals surface area contributed by atoms with Crippen LogP contribution in [0.4, 0.5) is 0 Å². The predicted molar refractivity (Wildman–Crippen MR) is 109 cm³/mol. The summed E-state index contributed by atoms with van der Waals surface area (Å²) in [7, 11) is 0. The van der Waals surface area contributed by atoms with E-state index in [-0.39, 0.29) is 16.5 Å². The minimum Gasteiger partial charge on any atom is -0.347 e. The van der Waals surface area contributed by atoms with Crippen LogP contribution < -0.4 is 0 Å². The van der Waals surface area contributed by atoms with E-state index in [0.717, 1.165) is 18.4 Å². The summed E-state index contributed by atoms with van der Waals surface area (Å²) in [6.45, 7) is 8.80. The Labute approximate surface area is 176 Å². The second kappa shape index (κ2) is 9.28. The van der Waals surface area contributed by atoms with Gasteiger partial charge in [-0.2, -0.15) is 0 Å². The van der Waals surface area contributed by atoms with Gasteiger partial charge in [0.2, 0.25) is 0 Å². The van der Waals surface area contributed by atoms with E-state index in [1.807, 2.05) is 36.6 Å². The third kappa shape index (κ3) is 4.49. The molecule has 1 aromatic heterocycles. The highest BCUT2D eigenvalue weighted by molar-refractivity contribution is 6.29. The first-order valence-corrected chi connectivity index (χ1v) is 10.6. The Morgan fingerprint density at radius 1 is 1.28 bits per heavy atom. The van der Waals surface area contributed by atoms with Gasteiger partial charge < -0.3 is 14.4 Å². The Morgan fingerprint density at radius 2 is 1.97 bits per heavy atom. The lowest BCUT2D eigenvalue weighted by molar-refractivity contribution is -0.447. The van der Waals surface area contributed by atoms with Crippen LogP contribution in [0.1, 0.15) is 45.6 Å². The molecule has 0 bridgehead atoms. The van der Waals surface area contributed by atoms with E-state index in [0.29, 0.717) is 50.2 Å². The molecule has 1 aromatic rings. The standard InChI is InChI=1S/C20H29ClN4O4/c1-4-10-28-20(29-11-5-2)12-15(3)18(25(26)27)19-23(8-9-24(19)20)14-16-6-7-17(21)22-13-16/h6-7,13,15H,4-5,8-12,14H2,1-3H3. The van der Waals surface area contributed by atoms with Crippen LogP contribution in [0, 0.1) is 16.0 Å². The van der Waals surface area contributed by atoms with Crippen molar-refractivity contribution in [2.45, 2.75) is 52.5 Å². The molecule has 1 saturated heterocycles. The minimum atomic E-state index is -0.965. The molecule has 9 heteroatoms. The van der Waals surface area contributed by atoms with Gasteiger partial charge in [0.05, 0.1) is 24.1 Å². The second-order valence-corrected chi connectivity index (χ2v) is 7.93. The van der Waals surface area contributed by atoms with Crippen LogP contribution in [0.2, 0.25) is 5.15 Å². The van der Waals surface area contributed by atoms with Crippen molar-refractivity contribution >= 4 is 11.6 Å². The van der Waals surface area contributed by atoms with Gasteiger partial charge in [0.1, 0.15) is 5.15 Å². The number of rotatable bonds is 9. The molecule has 0 spiro atoms. The highest BCUT2D eigenvalue weighted by atomic mass is 35.5. The van der Waals surface area contributed by atoms with Gasteiger partial charge in [-0.25, -0.2) is 4.98 Å². The minimum absolute atomic E-state index is 0.222. The first kappa shape index (κ1) is 21.8. The van der Waals surface area contributed by atoms with Gasteiger partial charge >= 0.3 is 0 Å². The van der Waals surface area contributed by atoms with Crippen molar-refractivity contribution in [3.8, 4) is 0 Å². The Bertz CT molecular complexity index is 747. The number of hydrogen-bond donors (Lipinski definition) is 0. The summed E-state index contributed by atoms with van der Waals surface area (Å²) in [4.78, 5) is 19.8. The molecular formula is C20H29ClN4O4. The summed E-state index contributed by atoms with van der Waals surface area (Å²) in [5.41, 5.74) is 1.17. The first-order valence-electron chi connectivity index (χ1n) is 10.2. The quantitative estimate of drug-likeness (QED) is 0.258. The van der Waals surface area contributed by atoms with Crippen LogP contribution in [0.15, 0.2) is 29.8 Å². The van der Waals surface area contributed by atoms with Crippen LogP contribution in [0.5, 0.6) is 0 Å². The third-order valence-corrected chi connectivity index (χ3v) is 5.47. The van der Waals surface area contributed by atoms with E-state index in [4.69, 9.17) is 21.1 Å². The van der Waals surface area contributed by atoms with E-state index < -0.39 is 5.91 Å². The van der Waals surface area contributed by atoms with Crippen molar-refractivity contribution in [1.82, 2.24) is 14.8 Å². The zero-order valence-corrected chi connectivity index (χ0v) is 18.0. The predicted octanol–water partition coefficient (Wildman–Crippen LogP) is 3.85. The number of allylic oxidation sites excluding steroid dienone is 1. The molecule has 0 radical (unpaired) electrons. The van der Waals surface area contributed by atoms with Crippen LogP contribution in [-0.4, -0.2) is 51.9 Å². The molecule has 3 heterocycles. The monoisotopic (exact) mass is 424 g/mol. The summed E-state index contributed by atoms with van der Waals surface area (Å²) >= 11 is 5.89. The maximum Gasteiger partial charge on any atom is 0.289 e. The van der Waals surface area contributed by atoms with Crippen molar-refractivity contribution in [1.29, 1.82) is 0 Å². The maximum absolute atomic E-state index is 12.0. The topological polar surface area (TPSA) is 81.0 Å². The fraction of sp³-hybridized carbons (Fsp3) is 0.650. The maximum atomic E-state index is 12.0. The Kier molecular flexibility index (Phi) is 6.97. The molecule has 0 aliphatic carbocycles.